The lowest BCUT2D eigenvalue weighted by Gasteiger charge is -2.26. The van der Waals surface area contributed by atoms with Gasteiger partial charge in [-0.2, -0.15) is 0 Å². The first kappa shape index (κ1) is 17.2. The van der Waals surface area contributed by atoms with Crippen molar-refractivity contribution in [3.05, 3.63) is 34.6 Å². The van der Waals surface area contributed by atoms with E-state index in [1.165, 1.54) is 12.1 Å². The second-order valence-corrected chi connectivity index (χ2v) is 6.24. The Morgan fingerprint density at radius 3 is 3.00 bits per heavy atom. The lowest BCUT2D eigenvalue weighted by Crippen LogP contribution is -2.38. The Morgan fingerprint density at radius 2 is 2.32 bits per heavy atom. The van der Waals surface area contributed by atoms with Crippen LogP contribution in [0.1, 0.15) is 25.5 Å². The predicted octanol–water partition coefficient (Wildman–Crippen LogP) is 2.53. The van der Waals surface area contributed by atoms with Crippen molar-refractivity contribution in [3.8, 4) is 0 Å². The first-order chi connectivity index (χ1) is 10.5. The van der Waals surface area contributed by atoms with Crippen LogP contribution in [0.5, 0.6) is 0 Å². The first-order valence-electron chi connectivity index (χ1n) is 7.54. The van der Waals surface area contributed by atoms with Crippen molar-refractivity contribution in [2.75, 3.05) is 26.2 Å². The maximum atomic E-state index is 13.7. The molecule has 0 saturated carbocycles. The van der Waals surface area contributed by atoms with E-state index in [0.717, 1.165) is 12.1 Å². The Morgan fingerprint density at radius 1 is 1.55 bits per heavy atom. The maximum absolute atomic E-state index is 13.7. The molecule has 1 fully saturated rings. The highest BCUT2D eigenvalue weighted by molar-refractivity contribution is 6.30. The van der Waals surface area contributed by atoms with Crippen molar-refractivity contribution in [3.63, 3.8) is 0 Å². The van der Waals surface area contributed by atoms with Gasteiger partial charge < -0.3 is 15.4 Å². The normalized spacial score (nSPS) is 22.4. The molecule has 22 heavy (non-hydrogen) atoms. The fourth-order valence-electron chi connectivity index (χ4n) is 2.46. The number of halogens is 2. The molecule has 2 atom stereocenters. The predicted molar refractivity (Wildman–Crippen MR) is 84.3 cm³/mol. The smallest absolute Gasteiger partial charge is 0.222 e. The van der Waals surface area contributed by atoms with E-state index in [9.17, 15) is 9.18 Å². The van der Waals surface area contributed by atoms with Crippen molar-refractivity contribution in [2.45, 2.75) is 20.0 Å². The molecule has 1 saturated heterocycles. The summed E-state index contributed by atoms with van der Waals surface area (Å²) in [6.45, 7) is 6.17. The van der Waals surface area contributed by atoms with E-state index in [1.807, 2.05) is 13.8 Å². The molecule has 2 rings (SSSR count). The van der Waals surface area contributed by atoms with Gasteiger partial charge in [-0.05, 0) is 17.7 Å². The number of amides is 1. The molecule has 1 aliphatic heterocycles. The lowest BCUT2D eigenvalue weighted by molar-refractivity contribution is -0.124. The van der Waals surface area contributed by atoms with Crippen LogP contribution in [0, 0.1) is 17.7 Å². The van der Waals surface area contributed by atoms with E-state index in [1.54, 1.807) is 6.07 Å². The number of nitrogens with one attached hydrogen (secondary N) is 2. The Kier molecular flexibility index (Phi) is 6.17. The fraction of sp³-hybridized carbons (Fsp3) is 0.562. The summed E-state index contributed by atoms with van der Waals surface area (Å²) in [5, 5.41) is 6.30. The largest absolute Gasteiger partial charge is 0.372 e. The Hall–Kier alpha value is -1.17. The van der Waals surface area contributed by atoms with E-state index in [0.29, 0.717) is 19.7 Å². The lowest BCUT2D eigenvalue weighted by atomic mass is 9.95. The minimum Gasteiger partial charge on any atom is -0.372 e. The van der Waals surface area contributed by atoms with Crippen LogP contribution in [-0.2, 0) is 9.53 Å². The molecular formula is C16H22ClFN2O2. The number of ether oxygens (including phenoxy) is 1. The number of hydrogen-bond donors (Lipinski definition) is 2. The standard InChI is InChI=1S/C16H22ClFN2O2/c1-10(2)16(21)20-9-12-8-19-5-6-22-15(12)11-3-4-13(17)14(18)7-11/h3-4,7,10,12,15,19H,5-6,8-9H2,1-2H3,(H,20,21). The van der Waals surface area contributed by atoms with Gasteiger partial charge >= 0.3 is 0 Å². The van der Waals surface area contributed by atoms with Crippen LogP contribution in [0.25, 0.3) is 0 Å². The van der Waals surface area contributed by atoms with Gasteiger partial charge in [-0.25, -0.2) is 4.39 Å². The third-order valence-corrected chi connectivity index (χ3v) is 4.05. The monoisotopic (exact) mass is 328 g/mol. The zero-order valence-electron chi connectivity index (χ0n) is 12.9. The van der Waals surface area contributed by atoms with E-state index >= 15 is 0 Å². The molecule has 0 spiro atoms. The van der Waals surface area contributed by atoms with Crippen LogP contribution in [-0.4, -0.2) is 32.1 Å². The minimum absolute atomic E-state index is 0.00489. The quantitative estimate of drug-likeness (QED) is 0.893. The summed E-state index contributed by atoms with van der Waals surface area (Å²) < 4.78 is 19.6. The summed E-state index contributed by atoms with van der Waals surface area (Å²) in [5.41, 5.74) is 0.745. The van der Waals surface area contributed by atoms with Crippen molar-refractivity contribution in [1.82, 2.24) is 10.6 Å². The van der Waals surface area contributed by atoms with Crippen LogP contribution in [0.2, 0.25) is 5.02 Å². The maximum Gasteiger partial charge on any atom is 0.222 e. The molecule has 6 heteroatoms. The molecule has 2 unspecified atom stereocenters. The van der Waals surface area contributed by atoms with Gasteiger partial charge in [0.15, 0.2) is 0 Å². The number of carbonyl (C=O) groups excluding carboxylic acids is 1. The highest BCUT2D eigenvalue weighted by Crippen LogP contribution is 2.29. The van der Waals surface area contributed by atoms with E-state index in [-0.39, 0.29) is 28.9 Å². The van der Waals surface area contributed by atoms with Gasteiger partial charge in [0.05, 0.1) is 17.7 Å². The van der Waals surface area contributed by atoms with Crippen molar-refractivity contribution in [2.24, 2.45) is 11.8 Å². The summed E-state index contributed by atoms with van der Waals surface area (Å²) in [5.74, 6) is -0.480. The zero-order valence-corrected chi connectivity index (χ0v) is 13.6. The molecule has 1 aromatic rings. The van der Waals surface area contributed by atoms with Gasteiger partial charge in [-0.3, -0.25) is 4.79 Å². The van der Waals surface area contributed by atoms with Gasteiger partial charge in [-0.15, -0.1) is 0 Å². The van der Waals surface area contributed by atoms with Crippen LogP contribution in [0.3, 0.4) is 0 Å². The van der Waals surface area contributed by atoms with E-state index in [2.05, 4.69) is 10.6 Å². The summed E-state index contributed by atoms with van der Waals surface area (Å²) >= 11 is 5.74. The average Bonchev–Trinajstić information content (AvgIpc) is 2.73. The van der Waals surface area contributed by atoms with Gasteiger partial charge in [-0.1, -0.05) is 31.5 Å². The highest BCUT2D eigenvalue weighted by Gasteiger charge is 2.27. The van der Waals surface area contributed by atoms with Crippen LogP contribution in [0.4, 0.5) is 4.39 Å². The van der Waals surface area contributed by atoms with Crippen LogP contribution >= 0.6 is 11.6 Å². The zero-order chi connectivity index (χ0) is 16.1. The molecule has 1 amide bonds. The first-order valence-corrected chi connectivity index (χ1v) is 7.92. The fourth-order valence-corrected chi connectivity index (χ4v) is 2.58. The molecule has 1 heterocycles. The Labute approximate surface area is 135 Å². The molecule has 1 aliphatic rings. The molecule has 0 bridgehead atoms. The van der Waals surface area contributed by atoms with E-state index < -0.39 is 5.82 Å². The van der Waals surface area contributed by atoms with Crippen molar-refractivity contribution < 1.29 is 13.9 Å². The van der Waals surface area contributed by atoms with Crippen molar-refractivity contribution >= 4 is 17.5 Å². The molecule has 0 aromatic heterocycles. The van der Waals surface area contributed by atoms with Gasteiger partial charge in [0, 0.05) is 31.5 Å². The summed E-state index contributed by atoms with van der Waals surface area (Å²) in [4.78, 5) is 11.8. The van der Waals surface area contributed by atoms with Gasteiger partial charge in [0.1, 0.15) is 5.82 Å². The van der Waals surface area contributed by atoms with Crippen LogP contribution < -0.4 is 10.6 Å². The summed E-state index contributed by atoms with van der Waals surface area (Å²) in [6.07, 6.45) is -0.269. The number of carbonyl (C=O) groups is 1. The van der Waals surface area contributed by atoms with Gasteiger partial charge in [0.25, 0.3) is 0 Å². The second kappa shape index (κ2) is 7.90. The Bertz CT molecular complexity index is 525. The van der Waals surface area contributed by atoms with E-state index in [4.69, 9.17) is 16.3 Å². The molecule has 2 N–H and O–H groups in total. The molecule has 122 valence electrons. The topological polar surface area (TPSA) is 50.4 Å². The molecule has 0 radical (unpaired) electrons. The molecule has 1 aromatic carbocycles. The number of benzene rings is 1. The minimum atomic E-state index is -0.454. The SMILES string of the molecule is CC(C)C(=O)NCC1CNCCOC1c1ccc(Cl)c(F)c1. The summed E-state index contributed by atoms with van der Waals surface area (Å²) in [6, 6.07) is 4.73. The Balaban J connectivity index is 2.13. The number of hydrogen-bond acceptors (Lipinski definition) is 3. The number of rotatable bonds is 4. The average molecular weight is 329 g/mol. The molecule has 0 aliphatic carbocycles. The van der Waals surface area contributed by atoms with Gasteiger partial charge in [0.2, 0.25) is 5.91 Å². The van der Waals surface area contributed by atoms with Crippen LogP contribution in [0.15, 0.2) is 18.2 Å². The third kappa shape index (κ3) is 4.41. The summed E-state index contributed by atoms with van der Waals surface area (Å²) in [7, 11) is 0. The molecule has 4 nitrogen and oxygen atoms in total. The van der Waals surface area contributed by atoms with Crippen molar-refractivity contribution in [1.29, 1.82) is 0 Å². The highest BCUT2D eigenvalue weighted by atomic mass is 35.5. The third-order valence-electron chi connectivity index (χ3n) is 3.75. The molecular weight excluding hydrogens is 307 g/mol. The second-order valence-electron chi connectivity index (χ2n) is 5.83.